The summed E-state index contributed by atoms with van der Waals surface area (Å²) in [5.41, 5.74) is 0.758. The van der Waals surface area contributed by atoms with Gasteiger partial charge < -0.3 is 14.9 Å². The summed E-state index contributed by atoms with van der Waals surface area (Å²) in [5.74, 6) is 0.793. The molecule has 2 N–H and O–H groups in total. The number of unbranched alkanes of at least 4 members (excludes halogenated alkanes) is 6. The van der Waals surface area contributed by atoms with Gasteiger partial charge in [-0.2, -0.15) is 0 Å². The highest BCUT2D eigenvalue weighted by Crippen LogP contribution is 2.19. The topological polar surface area (TPSA) is 49.7 Å². The van der Waals surface area contributed by atoms with Crippen molar-refractivity contribution < 1.29 is 14.9 Å². The van der Waals surface area contributed by atoms with Crippen molar-refractivity contribution in [3.05, 3.63) is 29.8 Å². The van der Waals surface area contributed by atoms with Crippen LogP contribution in [0.4, 0.5) is 0 Å². The summed E-state index contributed by atoms with van der Waals surface area (Å²) in [7, 11) is 0. The van der Waals surface area contributed by atoms with Crippen LogP contribution in [0, 0.1) is 5.41 Å². The Labute approximate surface area is 141 Å². The average molecular weight is 322 g/mol. The Morgan fingerprint density at radius 2 is 1.43 bits per heavy atom. The van der Waals surface area contributed by atoms with E-state index in [0.29, 0.717) is 6.61 Å². The fourth-order valence-corrected chi connectivity index (χ4v) is 2.44. The first-order valence-electron chi connectivity index (χ1n) is 9.07. The fraction of sp³-hybridized carbons (Fsp3) is 0.700. The third kappa shape index (κ3) is 8.38. The maximum absolute atomic E-state index is 9.26. The minimum atomic E-state index is -0.587. The van der Waals surface area contributed by atoms with Gasteiger partial charge in [-0.05, 0) is 30.5 Å². The van der Waals surface area contributed by atoms with Crippen molar-refractivity contribution in [1.29, 1.82) is 0 Å². The summed E-state index contributed by atoms with van der Waals surface area (Å²) in [6.07, 6.45) is 10.5. The van der Waals surface area contributed by atoms with E-state index in [1.807, 2.05) is 19.1 Å². The number of aryl methyl sites for hydroxylation is 1. The molecule has 0 atom stereocenters. The van der Waals surface area contributed by atoms with Crippen LogP contribution in [0.1, 0.15) is 64.4 Å². The molecule has 0 heterocycles. The Balaban J connectivity index is 2.23. The second-order valence-electron chi connectivity index (χ2n) is 6.93. The molecule has 0 radical (unpaired) electrons. The third-order valence-electron chi connectivity index (χ3n) is 4.34. The van der Waals surface area contributed by atoms with Crippen molar-refractivity contribution in [2.75, 3.05) is 19.8 Å². The summed E-state index contributed by atoms with van der Waals surface area (Å²) in [5, 5.41) is 18.5. The van der Waals surface area contributed by atoms with Gasteiger partial charge in [0.15, 0.2) is 0 Å². The minimum absolute atomic E-state index is 0.0835. The first-order chi connectivity index (χ1) is 11.1. The van der Waals surface area contributed by atoms with Gasteiger partial charge in [0.25, 0.3) is 0 Å². The lowest BCUT2D eigenvalue weighted by Gasteiger charge is -2.24. The molecule has 1 aromatic rings. The Morgan fingerprint density at radius 1 is 0.870 bits per heavy atom. The van der Waals surface area contributed by atoms with E-state index >= 15 is 0 Å². The van der Waals surface area contributed by atoms with Gasteiger partial charge >= 0.3 is 0 Å². The second-order valence-corrected chi connectivity index (χ2v) is 6.93. The van der Waals surface area contributed by atoms with Gasteiger partial charge in [0, 0.05) is 5.41 Å². The molecular formula is C20H34O3. The maximum atomic E-state index is 9.26. The zero-order valence-corrected chi connectivity index (χ0v) is 14.9. The zero-order chi connectivity index (χ0) is 17.0. The lowest BCUT2D eigenvalue weighted by molar-refractivity contribution is 0.0287. The quantitative estimate of drug-likeness (QED) is 0.531. The molecule has 0 aliphatic carbocycles. The van der Waals surface area contributed by atoms with E-state index in [0.717, 1.165) is 12.2 Å². The SMILES string of the molecule is CCCCCCCCCc1ccc(OCC(C)(CO)CO)cc1. The van der Waals surface area contributed by atoms with Crippen LogP contribution in [0.2, 0.25) is 0 Å². The highest BCUT2D eigenvalue weighted by atomic mass is 16.5. The van der Waals surface area contributed by atoms with Crippen molar-refractivity contribution in [2.45, 2.75) is 65.2 Å². The number of hydrogen-bond donors (Lipinski definition) is 2. The number of benzene rings is 1. The summed E-state index contributed by atoms with van der Waals surface area (Å²) < 4.78 is 5.67. The smallest absolute Gasteiger partial charge is 0.119 e. The number of hydrogen-bond acceptors (Lipinski definition) is 3. The molecule has 0 spiro atoms. The maximum Gasteiger partial charge on any atom is 0.119 e. The van der Waals surface area contributed by atoms with E-state index in [-0.39, 0.29) is 13.2 Å². The van der Waals surface area contributed by atoms with Gasteiger partial charge in [-0.3, -0.25) is 0 Å². The van der Waals surface area contributed by atoms with Crippen LogP contribution in [0.15, 0.2) is 24.3 Å². The standard InChI is InChI=1S/C20H34O3/c1-3-4-5-6-7-8-9-10-18-11-13-19(14-12-18)23-17-20(2,15-21)16-22/h11-14,21-22H,3-10,15-17H2,1-2H3. The number of rotatable bonds is 13. The predicted octanol–water partition coefficient (Wildman–Crippen LogP) is 4.35. The number of aliphatic hydroxyl groups is 2. The Hall–Kier alpha value is -1.06. The Kier molecular flexibility index (Phi) is 9.97. The predicted molar refractivity (Wildman–Crippen MR) is 95.9 cm³/mol. The summed E-state index contributed by atoms with van der Waals surface area (Å²) in [6, 6.07) is 8.18. The molecule has 0 aliphatic heterocycles. The molecule has 1 rings (SSSR count). The largest absolute Gasteiger partial charge is 0.493 e. The molecule has 3 nitrogen and oxygen atoms in total. The Bertz CT molecular complexity index is 396. The first-order valence-corrected chi connectivity index (χ1v) is 9.07. The van der Waals surface area contributed by atoms with Crippen LogP contribution in [0.25, 0.3) is 0 Å². The first kappa shape index (κ1) is 20.0. The van der Waals surface area contributed by atoms with E-state index in [4.69, 9.17) is 4.74 Å². The molecule has 23 heavy (non-hydrogen) atoms. The van der Waals surface area contributed by atoms with Crippen molar-refractivity contribution in [1.82, 2.24) is 0 Å². The fourth-order valence-electron chi connectivity index (χ4n) is 2.44. The summed E-state index contributed by atoms with van der Waals surface area (Å²) in [4.78, 5) is 0. The molecule has 132 valence electrons. The van der Waals surface area contributed by atoms with Crippen LogP contribution < -0.4 is 4.74 Å². The monoisotopic (exact) mass is 322 g/mol. The van der Waals surface area contributed by atoms with Crippen molar-refractivity contribution >= 4 is 0 Å². The molecule has 3 heteroatoms. The van der Waals surface area contributed by atoms with Crippen LogP contribution in [-0.2, 0) is 6.42 Å². The van der Waals surface area contributed by atoms with E-state index < -0.39 is 5.41 Å². The van der Waals surface area contributed by atoms with Crippen LogP contribution in [0.3, 0.4) is 0 Å². The highest BCUT2D eigenvalue weighted by molar-refractivity contribution is 5.27. The number of ether oxygens (including phenoxy) is 1. The normalized spacial score (nSPS) is 11.7. The molecular weight excluding hydrogens is 288 g/mol. The van der Waals surface area contributed by atoms with Crippen molar-refractivity contribution in [3.63, 3.8) is 0 Å². The summed E-state index contributed by atoms with van der Waals surface area (Å²) >= 11 is 0. The molecule has 0 aliphatic rings. The van der Waals surface area contributed by atoms with E-state index in [1.165, 1.54) is 50.5 Å². The van der Waals surface area contributed by atoms with Gasteiger partial charge in [0.2, 0.25) is 0 Å². The average Bonchev–Trinajstić information content (AvgIpc) is 2.60. The van der Waals surface area contributed by atoms with Crippen LogP contribution >= 0.6 is 0 Å². The third-order valence-corrected chi connectivity index (χ3v) is 4.34. The second kappa shape index (κ2) is 11.5. The van der Waals surface area contributed by atoms with Gasteiger partial charge in [0.1, 0.15) is 5.75 Å². The zero-order valence-electron chi connectivity index (χ0n) is 14.9. The molecule has 0 bridgehead atoms. The molecule has 0 fully saturated rings. The van der Waals surface area contributed by atoms with Gasteiger partial charge in [-0.15, -0.1) is 0 Å². The molecule has 0 aromatic heterocycles. The van der Waals surface area contributed by atoms with Gasteiger partial charge in [-0.1, -0.05) is 64.5 Å². The van der Waals surface area contributed by atoms with E-state index in [9.17, 15) is 10.2 Å². The lowest BCUT2D eigenvalue weighted by Crippen LogP contribution is -2.32. The van der Waals surface area contributed by atoms with Crippen molar-refractivity contribution in [3.8, 4) is 5.75 Å². The van der Waals surface area contributed by atoms with E-state index in [2.05, 4.69) is 19.1 Å². The van der Waals surface area contributed by atoms with Crippen LogP contribution in [-0.4, -0.2) is 30.0 Å². The molecule has 1 aromatic carbocycles. The lowest BCUT2D eigenvalue weighted by atomic mass is 9.94. The van der Waals surface area contributed by atoms with Crippen LogP contribution in [0.5, 0.6) is 5.75 Å². The Morgan fingerprint density at radius 3 is 2.00 bits per heavy atom. The molecule has 0 saturated heterocycles. The van der Waals surface area contributed by atoms with E-state index in [1.54, 1.807) is 0 Å². The molecule has 0 unspecified atom stereocenters. The highest BCUT2D eigenvalue weighted by Gasteiger charge is 2.23. The van der Waals surface area contributed by atoms with Crippen molar-refractivity contribution in [2.24, 2.45) is 5.41 Å². The molecule has 0 amide bonds. The molecule has 0 saturated carbocycles. The van der Waals surface area contributed by atoms with Gasteiger partial charge in [0.05, 0.1) is 19.8 Å². The number of aliphatic hydroxyl groups excluding tert-OH is 2. The summed E-state index contributed by atoms with van der Waals surface area (Å²) in [6.45, 7) is 4.21. The van der Waals surface area contributed by atoms with Gasteiger partial charge in [-0.25, -0.2) is 0 Å². The minimum Gasteiger partial charge on any atom is -0.493 e.